The first-order valence-electron chi connectivity index (χ1n) is 4.80. The maximum Gasteiger partial charge on any atom is 0.138 e. The van der Waals surface area contributed by atoms with Crippen molar-refractivity contribution < 1.29 is 9.84 Å². The number of nitriles is 1. The molecule has 1 rings (SSSR count). The SMILES string of the molecule is CC(C)(C)Oc1cccc(CO)c1C#N. The van der Waals surface area contributed by atoms with E-state index in [1.54, 1.807) is 18.2 Å². The Bertz CT molecular complexity index is 386. The van der Waals surface area contributed by atoms with Crippen molar-refractivity contribution in [3.63, 3.8) is 0 Å². The molecule has 0 aliphatic rings. The van der Waals surface area contributed by atoms with Gasteiger partial charge in [0.15, 0.2) is 0 Å². The molecule has 0 amide bonds. The first kappa shape index (κ1) is 11.5. The Morgan fingerprint density at radius 2 is 2.07 bits per heavy atom. The number of hydrogen-bond donors (Lipinski definition) is 1. The molecule has 0 saturated heterocycles. The maximum atomic E-state index is 9.07. The molecule has 0 saturated carbocycles. The smallest absolute Gasteiger partial charge is 0.138 e. The van der Waals surface area contributed by atoms with E-state index in [0.717, 1.165) is 0 Å². The Labute approximate surface area is 89.9 Å². The summed E-state index contributed by atoms with van der Waals surface area (Å²) in [7, 11) is 0. The van der Waals surface area contributed by atoms with E-state index in [1.807, 2.05) is 20.8 Å². The minimum Gasteiger partial charge on any atom is -0.487 e. The third kappa shape index (κ3) is 2.97. The normalized spacial score (nSPS) is 10.9. The highest BCUT2D eigenvalue weighted by Crippen LogP contribution is 2.25. The topological polar surface area (TPSA) is 53.2 Å². The lowest BCUT2D eigenvalue weighted by Gasteiger charge is -2.22. The van der Waals surface area contributed by atoms with Crippen LogP contribution in [0.5, 0.6) is 5.75 Å². The van der Waals surface area contributed by atoms with Crippen LogP contribution in [0, 0.1) is 11.3 Å². The van der Waals surface area contributed by atoms with Crippen molar-refractivity contribution >= 4 is 0 Å². The number of aliphatic hydroxyl groups is 1. The van der Waals surface area contributed by atoms with Gasteiger partial charge in [-0.25, -0.2) is 0 Å². The predicted octanol–water partition coefficient (Wildman–Crippen LogP) is 2.23. The van der Waals surface area contributed by atoms with Gasteiger partial charge in [0.05, 0.1) is 12.2 Å². The van der Waals surface area contributed by atoms with Crippen LogP contribution in [0.1, 0.15) is 31.9 Å². The standard InChI is InChI=1S/C12H15NO2/c1-12(2,3)15-11-6-4-5-9(8-14)10(11)7-13/h4-6,14H,8H2,1-3H3. The summed E-state index contributed by atoms with van der Waals surface area (Å²) in [5.74, 6) is 0.525. The number of nitrogens with zero attached hydrogens (tertiary/aromatic N) is 1. The van der Waals surface area contributed by atoms with Crippen LogP contribution in [0.4, 0.5) is 0 Å². The molecule has 1 aromatic rings. The molecular formula is C12H15NO2. The molecule has 0 atom stereocenters. The quantitative estimate of drug-likeness (QED) is 0.805. The van der Waals surface area contributed by atoms with Gasteiger partial charge in [-0.1, -0.05) is 12.1 Å². The molecular weight excluding hydrogens is 190 g/mol. The van der Waals surface area contributed by atoms with Crippen molar-refractivity contribution in [2.75, 3.05) is 0 Å². The fourth-order valence-corrected chi connectivity index (χ4v) is 1.25. The van der Waals surface area contributed by atoms with Gasteiger partial charge in [0, 0.05) is 0 Å². The van der Waals surface area contributed by atoms with Crippen molar-refractivity contribution in [2.24, 2.45) is 0 Å². The zero-order chi connectivity index (χ0) is 11.5. The zero-order valence-electron chi connectivity index (χ0n) is 9.24. The number of aliphatic hydroxyl groups excluding tert-OH is 1. The molecule has 0 bridgehead atoms. The summed E-state index contributed by atoms with van der Waals surface area (Å²) in [5, 5.41) is 18.1. The van der Waals surface area contributed by atoms with Crippen LogP contribution in [0.2, 0.25) is 0 Å². The van der Waals surface area contributed by atoms with Crippen LogP contribution in [0.3, 0.4) is 0 Å². The molecule has 1 aromatic carbocycles. The van der Waals surface area contributed by atoms with Crippen LogP contribution >= 0.6 is 0 Å². The molecule has 0 heterocycles. The molecule has 0 aliphatic carbocycles. The van der Waals surface area contributed by atoms with Gasteiger partial charge < -0.3 is 9.84 Å². The highest BCUT2D eigenvalue weighted by Gasteiger charge is 2.16. The zero-order valence-corrected chi connectivity index (χ0v) is 9.24. The minimum absolute atomic E-state index is 0.149. The molecule has 1 N–H and O–H groups in total. The second-order valence-corrected chi connectivity index (χ2v) is 4.27. The summed E-state index contributed by atoms with van der Waals surface area (Å²) < 4.78 is 5.63. The van der Waals surface area contributed by atoms with Gasteiger partial charge in [-0.2, -0.15) is 5.26 Å². The Hall–Kier alpha value is -1.53. The second-order valence-electron chi connectivity index (χ2n) is 4.27. The van der Waals surface area contributed by atoms with Crippen LogP contribution in [-0.2, 0) is 6.61 Å². The van der Waals surface area contributed by atoms with E-state index in [-0.39, 0.29) is 12.2 Å². The molecule has 0 spiro atoms. The monoisotopic (exact) mass is 205 g/mol. The Morgan fingerprint density at radius 1 is 1.40 bits per heavy atom. The van der Waals surface area contributed by atoms with E-state index in [9.17, 15) is 0 Å². The third-order valence-corrected chi connectivity index (χ3v) is 1.81. The van der Waals surface area contributed by atoms with Crippen LogP contribution in [0.25, 0.3) is 0 Å². The van der Waals surface area contributed by atoms with E-state index in [0.29, 0.717) is 16.9 Å². The van der Waals surface area contributed by atoms with Gasteiger partial charge in [-0.05, 0) is 32.4 Å². The Balaban J connectivity index is 3.14. The summed E-state index contributed by atoms with van der Waals surface area (Å²) in [6.45, 7) is 5.60. The predicted molar refractivity (Wildman–Crippen MR) is 57.5 cm³/mol. The molecule has 0 fully saturated rings. The number of ether oxygens (including phenoxy) is 1. The first-order chi connectivity index (χ1) is 6.98. The molecule has 0 aromatic heterocycles. The van der Waals surface area contributed by atoms with Crippen molar-refractivity contribution in [3.05, 3.63) is 29.3 Å². The molecule has 0 unspecified atom stereocenters. The summed E-state index contributed by atoms with van der Waals surface area (Å²) >= 11 is 0. The fourth-order valence-electron chi connectivity index (χ4n) is 1.25. The lowest BCUT2D eigenvalue weighted by Crippen LogP contribution is -2.23. The van der Waals surface area contributed by atoms with E-state index in [4.69, 9.17) is 15.1 Å². The Morgan fingerprint density at radius 3 is 2.53 bits per heavy atom. The van der Waals surface area contributed by atoms with Crippen LogP contribution in [-0.4, -0.2) is 10.7 Å². The summed E-state index contributed by atoms with van der Waals surface area (Å²) in [6, 6.07) is 7.28. The number of rotatable bonds is 2. The average Bonchev–Trinajstić information content (AvgIpc) is 2.15. The second kappa shape index (κ2) is 4.33. The van der Waals surface area contributed by atoms with Gasteiger partial charge in [0.25, 0.3) is 0 Å². The van der Waals surface area contributed by atoms with Crippen molar-refractivity contribution in [2.45, 2.75) is 33.0 Å². The molecule has 3 nitrogen and oxygen atoms in total. The average molecular weight is 205 g/mol. The number of hydrogen-bond acceptors (Lipinski definition) is 3. The van der Waals surface area contributed by atoms with E-state index < -0.39 is 0 Å². The largest absolute Gasteiger partial charge is 0.487 e. The molecule has 80 valence electrons. The van der Waals surface area contributed by atoms with E-state index >= 15 is 0 Å². The highest BCUT2D eigenvalue weighted by molar-refractivity contribution is 5.48. The van der Waals surface area contributed by atoms with Crippen molar-refractivity contribution in [1.29, 1.82) is 5.26 Å². The lowest BCUT2D eigenvalue weighted by molar-refractivity contribution is 0.130. The maximum absolute atomic E-state index is 9.07. The summed E-state index contributed by atoms with van der Waals surface area (Å²) in [4.78, 5) is 0. The van der Waals surface area contributed by atoms with Gasteiger partial charge in [0.1, 0.15) is 17.4 Å². The van der Waals surface area contributed by atoms with Crippen LogP contribution < -0.4 is 4.74 Å². The summed E-state index contributed by atoms with van der Waals surface area (Å²) in [5.41, 5.74) is 0.661. The lowest BCUT2D eigenvalue weighted by atomic mass is 10.1. The first-order valence-corrected chi connectivity index (χ1v) is 4.80. The molecule has 0 radical (unpaired) electrons. The summed E-state index contributed by atoms with van der Waals surface area (Å²) in [6.07, 6.45) is 0. The Kier molecular flexibility index (Phi) is 3.33. The van der Waals surface area contributed by atoms with Crippen molar-refractivity contribution in [3.8, 4) is 11.8 Å². The molecule has 0 aliphatic heterocycles. The van der Waals surface area contributed by atoms with Crippen LogP contribution in [0.15, 0.2) is 18.2 Å². The molecule has 3 heteroatoms. The van der Waals surface area contributed by atoms with E-state index in [2.05, 4.69) is 6.07 Å². The third-order valence-electron chi connectivity index (χ3n) is 1.81. The molecule has 15 heavy (non-hydrogen) atoms. The minimum atomic E-state index is -0.348. The van der Waals surface area contributed by atoms with Gasteiger partial charge in [0.2, 0.25) is 0 Å². The number of benzene rings is 1. The highest BCUT2D eigenvalue weighted by atomic mass is 16.5. The van der Waals surface area contributed by atoms with Gasteiger partial charge in [-0.3, -0.25) is 0 Å². The van der Waals surface area contributed by atoms with E-state index in [1.165, 1.54) is 0 Å². The van der Waals surface area contributed by atoms with Crippen molar-refractivity contribution in [1.82, 2.24) is 0 Å². The van der Waals surface area contributed by atoms with Gasteiger partial charge >= 0.3 is 0 Å². The van der Waals surface area contributed by atoms with Gasteiger partial charge in [-0.15, -0.1) is 0 Å². The fraction of sp³-hybridized carbons (Fsp3) is 0.417.